The first-order valence-electron chi connectivity index (χ1n) is 7.30. The zero-order chi connectivity index (χ0) is 17.7. The second-order valence-corrected chi connectivity index (χ2v) is 5.43. The van der Waals surface area contributed by atoms with Crippen LogP contribution in [-0.4, -0.2) is 47.6 Å². The van der Waals surface area contributed by atoms with Gasteiger partial charge in [-0.3, -0.25) is 14.3 Å². The van der Waals surface area contributed by atoms with Crippen molar-refractivity contribution in [3.8, 4) is 5.75 Å². The second-order valence-electron chi connectivity index (χ2n) is 5.43. The van der Waals surface area contributed by atoms with Gasteiger partial charge in [-0.15, -0.1) is 0 Å². The number of nitrogens with two attached hydrogens (primary N) is 1. The fourth-order valence-electron chi connectivity index (χ4n) is 2.10. The molecule has 0 spiro atoms. The molecule has 0 atom stereocenters. The molecule has 0 radical (unpaired) electrons. The maximum absolute atomic E-state index is 12.1. The number of primary amides is 1. The topological polar surface area (TPSA) is 90.5 Å². The van der Waals surface area contributed by atoms with Gasteiger partial charge in [0.15, 0.2) is 0 Å². The normalized spacial score (nSPS) is 10.8. The highest BCUT2D eigenvalue weighted by molar-refractivity contribution is 6.04. The molecule has 0 aliphatic carbocycles. The number of benzene rings is 1. The van der Waals surface area contributed by atoms with Crippen molar-refractivity contribution in [2.75, 3.05) is 21.2 Å². The summed E-state index contributed by atoms with van der Waals surface area (Å²) in [7, 11) is 5.19. The Morgan fingerprint density at radius 3 is 2.71 bits per heavy atom. The van der Waals surface area contributed by atoms with Gasteiger partial charge in [-0.1, -0.05) is 12.1 Å². The smallest absolute Gasteiger partial charge is 0.267 e. The third-order valence-electron chi connectivity index (χ3n) is 3.28. The van der Waals surface area contributed by atoms with Gasteiger partial charge in [-0.25, -0.2) is 0 Å². The molecule has 1 heterocycles. The van der Waals surface area contributed by atoms with E-state index in [9.17, 15) is 9.59 Å². The van der Waals surface area contributed by atoms with Crippen LogP contribution < -0.4 is 10.5 Å². The molecule has 0 saturated heterocycles. The maximum atomic E-state index is 12.1. The van der Waals surface area contributed by atoms with Gasteiger partial charge in [0.2, 0.25) is 5.78 Å². The van der Waals surface area contributed by atoms with Crippen molar-refractivity contribution < 1.29 is 14.3 Å². The van der Waals surface area contributed by atoms with Crippen LogP contribution in [0, 0.1) is 0 Å². The molecule has 7 heteroatoms. The van der Waals surface area contributed by atoms with Crippen molar-refractivity contribution in [1.82, 2.24) is 14.7 Å². The Morgan fingerprint density at radius 2 is 2.08 bits per heavy atom. The number of aromatic nitrogens is 2. The van der Waals surface area contributed by atoms with E-state index >= 15 is 0 Å². The lowest BCUT2D eigenvalue weighted by Gasteiger charge is -2.07. The summed E-state index contributed by atoms with van der Waals surface area (Å²) in [4.78, 5) is 25.5. The van der Waals surface area contributed by atoms with Crippen LogP contribution in [0.2, 0.25) is 0 Å². The van der Waals surface area contributed by atoms with E-state index in [2.05, 4.69) is 5.10 Å². The van der Waals surface area contributed by atoms with E-state index in [0.717, 1.165) is 5.56 Å². The van der Waals surface area contributed by atoms with Crippen LogP contribution in [0.25, 0.3) is 0 Å². The molecule has 0 bridgehead atoms. The molecule has 0 aliphatic heterocycles. The number of hydrogen-bond donors (Lipinski definition) is 1. The molecule has 2 rings (SSSR count). The van der Waals surface area contributed by atoms with Crippen molar-refractivity contribution in [1.29, 1.82) is 0 Å². The van der Waals surface area contributed by atoms with E-state index < -0.39 is 5.91 Å². The molecule has 7 nitrogen and oxygen atoms in total. The number of hydrogen-bond acceptors (Lipinski definition) is 5. The van der Waals surface area contributed by atoms with Crippen LogP contribution in [0.5, 0.6) is 5.75 Å². The summed E-state index contributed by atoms with van der Waals surface area (Å²) in [5.74, 6) is -0.234. The Labute approximate surface area is 140 Å². The highest BCUT2D eigenvalue weighted by atomic mass is 16.5. The number of methoxy groups -OCH3 is 1. The van der Waals surface area contributed by atoms with E-state index in [-0.39, 0.29) is 17.2 Å². The van der Waals surface area contributed by atoms with Gasteiger partial charge in [0, 0.05) is 32.4 Å². The summed E-state index contributed by atoms with van der Waals surface area (Å²) in [6.07, 6.45) is 3.01. The zero-order valence-electron chi connectivity index (χ0n) is 13.9. The van der Waals surface area contributed by atoms with Gasteiger partial charge < -0.3 is 15.4 Å². The molecule has 1 aromatic carbocycles. The lowest BCUT2D eigenvalue weighted by atomic mass is 10.2. The van der Waals surface area contributed by atoms with Crippen LogP contribution in [0.15, 0.2) is 42.6 Å². The quantitative estimate of drug-likeness (QED) is 0.611. The SMILES string of the molecule is COc1cccc(Cn2nc(C(=O)/C=C/N(C)C)cc2C(N)=O)c1. The molecular weight excluding hydrogens is 308 g/mol. The summed E-state index contributed by atoms with van der Waals surface area (Å²) in [5, 5.41) is 4.22. The highest BCUT2D eigenvalue weighted by Gasteiger charge is 2.16. The Bertz CT molecular complexity index is 778. The van der Waals surface area contributed by atoms with Crippen LogP contribution in [0.1, 0.15) is 26.5 Å². The molecular formula is C17H20N4O3. The molecule has 0 aliphatic rings. The number of nitrogens with zero attached hydrogens (tertiary/aromatic N) is 3. The first-order valence-corrected chi connectivity index (χ1v) is 7.30. The third kappa shape index (κ3) is 4.22. The van der Waals surface area contributed by atoms with Crippen LogP contribution >= 0.6 is 0 Å². The summed E-state index contributed by atoms with van der Waals surface area (Å²) < 4.78 is 6.60. The van der Waals surface area contributed by atoms with Crippen molar-refractivity contribution in [3.63, 3.8) is 0 Å². The molecule has 126 valence electrons. The lowest BCUT2D eigenvalue weighted by Crippen LogP contribution is -2.18. The van der Waals surface area contributed by atoms with Gasteiger partial charge in [0.05, 0.1) is 13.7 Å². The Balaban J connectivity index is 2.31. The summed E-state index contributed by atoms with van der Waals surface area (Å²) in [6.45, 7) is 0.306. The highest BCUT2D eigenvalue weighted by Crippen LogP contribution is 2.15. The molecule has 1 aromatic heterocycles. The molecule has 24 heavy (non-hydrogen) atoms. The van der Waals surface area contributed by atoms with E-state index in [0.29, 0.717) is 12.3 Å². The first-order chi connectivity index (χ1) is 11.4. The molecule has 0 unspecified atom stereocenters. The van der Waals surface area contributed by atoms with Crippen molar-refractivity contribution in [3.05, 3.63) is 59.6 Å². The molecule has 1 amide bonds. The average molecular weight is 328 g/mol. The number of allylic oxidation sites excluding steroid dienone is 1. The average Bonchev–Trinajstić information content (AvgIpc) is 2.97. The monoisotopic (exact) mass is 328 g/mol. The minimum Gasteiger partial charge on any atom is -0.497 e. The van der Waals surface area contributed by atoms with Crippen LogP contribution in [0.4, 0.5) is 0 Å². The summed E-state index contributed by atoms with van der Waals surface area (Å²) >= 11 is 0. The number of carbonyl (C=O) groups excluding carboxylic acids is 2. The van der Waals surface area contributed by atoms with Crippen molar-refractivity contribution in [2.45, 2.75) is 6.54 Å². The Hall–Kier alpha value is -3.09. The number of rotatable bonds is 7. The van der Waals surface area contributed by atoms with Crippen molar-refractivity contribution in [2.24, 2.45) is 5.73 Å². The summed E-state index contributed by atoms with van der Waals surface area (Å²) in [5.41, 5.74) is 6.63. The molecule has 0 fully saturated rings. The minimum atomic E-state index is -0.638. The number of carbonyl (C=O) groups is 2. The van der Waals surface area contributed by atoms with Crippen LogP contribution in [-0.2, 0) is 6.54 Å². The van der Waals surface area contributed by atoms with E-state index in [1.54, 1.807) is 32.3 Å². The predicted molar refractivity (Wildman–Crippen MR) is 90.0 cm³/mol. The Kier molecular flexibility index (Phi) is 5.36. The lowest BCUT2D eigenvalue weighted by molar-refractivity contribution is 0.0989. The largest absolute Gasteiger partial charge is 0.497 e. The number of ketones is 1. The minimum absolute atomic E-state index is 0.171. The van der Waals surface area contributed by atoms with Crippen molar-refractivity contribution >= 4 is 11.7 Å². The molecule has 0 saturated carbocycles. The van der Waals surface area contributed by atoms with Gasteiger partial charge in [-0.05, 0) is 17.7 Å². The third-order valence-corrected chi connectivity index (χ3v) is 3.28. The van der Waals surface area contributed by atoms with E-state index in [4.69, 9.17) is 10.5 Å². The second kappa shape index (κ2) is 7.45. The predicted octanol–water partition coefficient (Wildman–Crippen LogP) is 1.30. The molecule has 2 N–H and O–H groups in total. The van der Waals surface area contributed by atoms with E-state index in [1.165, 1.54) is 16.8 Å². The maximum Gasteiger partial charge on any atom is 0.267 e. The standard InChI is InChI=1S/C17H20N4O3/c1-20(2)8-7-16(22)14-10-15(17(18)23)21(19-14)11-12-5-4-6-13(9-12)24-3/h4-10H,11H2,1-3H3,(H2,18,23)/b8-7+. The van der Waals surface area contributed by atoms with Crippen LogP contribution in [0.3, 0.4) is 0 Å². The number of ether oxygens (including phenoxy) is 1. The fraction of sp³-hybridized carbons (Fsp3) is 0.235. The zero-order valence-corrected chi connectivity index (χ0v) is 13.9. The van der Waals surface area contributed by atoms with Gasteiger partial charge >= 0.3 is 0 Å². The summed E-state index contributed by atoms with van der Waals surface area (Å²) in [6, 6.07) is 8.78. The first kappa shape index (κ1) is 17.3. The fourth-order valence-corrected chi connectivity index (χ4v) is 2.10. The number of amides is 1. The Morgan fingerprint density at radius 1 is 1.33 bits per heavy atom. The van der Waals surface area contributed by atoms with E-state index in [1.807, 2.05) is 24.3 Å². The van der Waals surface area contributed by atoms with Gasteiger partial charge in [0.1, 0.15) is 17.1 Å². The molecule has 2 aromatic rings. The van der Waals surface area contributed by atoms with Gasteiger partial charge in [-0.2, -0.15) is 5.10 Å². The van der Waals surface area contributed by atoms with Gasteiger partial charge in [0.25, 0.3) is 5.91 Å².